The third-order valence-electron chi connectivity index (χ3n) is 5.43. The molecule has 7 heteroatoms. The highest BCUT2D eigenvalue weighted by Gasteiger charge is 2.32. The van der Waals surface area contributed by atoms with E-state index in [4.69, 9.17) is 9.15 Å². The Kier molecular flexibility index (Phi) is 6.36. The molecule has 3 heterocycles. The molecule has 2 atom stereocenters. The average Bonchev–Trinajstić information content (AvgIpc) is 3.47. The van der Waals surface area contributed by atoms with Gasteiger partial charge in [0.2, 0.25) is 0 Å². The normalized spacial score (nSPS) is 18.0. The van der Waals surface area contributed by atoms with E-state index in [2.05, 4.69) is 46.4 Å². The quantitative estimate of drug-likeness (QED) is 0.550. The van der Waals surface area contributed by atoms with Gasteiger partial charge in [-0.15, -0.1) is 5.10 Å². The SMILES string of the molecule is CC(C)[C@H](c1nnnn1Cc1ccccc1)N(Cc1ccco1)C[C@@H]1CCCO1. The highest BCUT2D eigenvalue weighted by atomic mass is 16.5. The molecule has 1 aliphatic heterocycles. The number of aromatic nitrogens is 4. The van der Waals surface area contributed by atoms with Crippen LogP contribution >= 0.6 is 0 Å². The molecule has 4 rings (SSSR count). The standard InChI is InChI=1S/C22H29N5O2/c1-17(2)21(22-23-24-25-27(22)14-18-8-4-3-5-9-18)26(15-19-10-6-12-28-19)16-20-11-7-13-29-20/h3-6,8-10,12,17,20-21H,7,11,13-16H2,1-2H3/t20-,21+/m0/s1. The predicted octanol–water partition coefficient (Wildman–Crippen LogP) is 3.69. The molecule has 0 amide bonds. The molecule has 0 spiro atoms. The lowest BCUT2D eigenvalue weighted by Gasteiger charge is -2.34. The number of nitrogens with zero attached hydrogens (tertiary/aromatic N) is 5. The van der Waals surface area contributed by atoms with E-state index in [1.54, 1.807) is 6.26 Å². The Morgan fingerprint density at radius 2 is 2.03 bits per heavy atom. The van der Waals surface area contributed by atoms with Crippen molar-refractivity contribution in [1.82, 2.24) is 25.1 Å². The summed E-state index contributed by atoms with van der Waals surface area (Å²) in [6, 6.07) is 14.3. The third-order valence-corrected chi connectivity index (χ3v) is 5.43. The molecule has 0 bridgehead atoms. The van der Waals surface area contributed by atoms with Gasteiger partial charge in [-0.3, -0.25) is 4.90 Å². The number of furan rings is 1. The number of hydrogen-bond donors (Lipinski definition) is 0. The Morgan fingerprint density at radius 1 is 1.17 bits per heavy atom. The van der Waals surface area contributed by atoms with Crippen molar-refractivity contribution >= 4 is 0 Å². The largest absolute Gasteiger partial charge is 0.468 e. The summed E-state index contributed by atoms with van der Waals surface area (Å²) in [6.07, 6.45) is 4.18. The average molecular weight is 396 g/mol. The van der Waals surface area contributed by atoms with Crippen LogP contribution in [0.1, 0.15) is 49.9 Å². The van der Waals surface area contributed by atoms with Gasteiger partial charge in [0.05, 0.1) is 31.5 Å². The van der Waals surface area contributed by atoms with Crippen LogP contribution in [0.25, 0.3) is 0 Å². The van der Waals surface area contributed by atoms with Crippen LogP contribution in [0.5, 0.6) is 0 Å². The molecule has 154 valence electrons. The van der Waals surface area contributed by atoms with Gasteiger partial charge in [0.1, 0.15) is 5.76 Å². The minimum atomic E-state index is 0.0583. The van der Waals surface area contributed by atoms with Gasteiger partial charge in [0.15, 0.2) is 5.82 Å². The molecule has 2 aromatic heterocycles. The predicted molar refractivity (Wildman–Crippen MR) is 109 cm³/mol. The number of rotatable bonds is 9. The van der Waals surface area contributed by atoms with Crippen LogP contribution in [-0.4, -0.2) is 44.4 Å². The summed E-state index contributed by atoms with van der Waals surface area (Å²) in [6.45, 7) is 7.47. The van der Waals surface area contributed by atoms with Crippen LogP contribution in [-0.2, 0) is 17.8 Å². The van der Waals surface area contributed by atoms with Crippen molar-refractivity contribution in [3.63, 3.8) is 0 Å². The molecule has 0 radical (unpaired) electrons. The Balaban J connectivity index is 1.62. The van der Waals surface area contributed by atoms with Crippen molar-refractivity contribution in [2.24, 2.45) is 5.92 Å². The smallest absolute Gasteiger partial charge is 0.169 e. The number of benzene rings is 1. The van der Waals surface area contributed by atoms with Crippen molar-refractivity contribution < 1.29 is 9.15 Å². The lowest BCUT2D eigenvalue weighted by atomic mass is 10.00. The van der Waals surface area contributed by atoms with Crippen LogP contribution in [0.4, 0.5) is 0 Å². The van der Waals surface area contributed by atoms with Crippen molar-refractivity contribution in [3.8, 4) is 0 Å². The summed E-state index contributed by atoms with van der Waals surface area (Å²) in [5.41, 5.74) is 1.18. The first-order valence-corrected chi connectivity index (χ1v) is 10.4. The molecule has 29 heavy (non-hydrogen) atoms. The minimum Gasteiger partial charge on any atom is -0.468 e. The summed E-state index contributed by atoms with van der Waals surface area (Å²) >= 11 is 0. The second kappa shape index (κ2) is 9.33. The van der Waals surface area contributed by atoms with Crippen LogP contribution in [0.3, 0.4) is 0 Å². The van der Waals surface area contributed by atoms with E-state index in [1.807, 2.05) is 35.0 Å². The molecule has 0 saturated carbocycles. The second-order valence-corrected chi connectivity index (χ2v) is 8.01. The third kappa shape index (κ3) is 4.92. The summed E-state index contributed by atoms with van der Waals surface area (Å²) in [5.74, 6) is 2.15. The van der Waals surface area contributed by atoms with Gasteiger partial charge in [-0.1, -0.05) is 44.2 Å². The Bertz CT molecular complexity index is 856. The molecule has 1 aromatic carbocycles. The lowest BCUT2D eigenvalue weighted by molar-refractivity contribution is 0.0354. The highest BCUT2D eigenvalue weighted by Crippen LogP contribution is 2.30. The van der Waals surface area contributed by atoms with E-state index >= 15 is 0 Å². The number of hydrogen-bond acceptors (Lipinski definition) is 6. The maximum absolute atomic E-state index is 5.95. The van der Waals surface area contributed by atoms with Gasteiger partial charge in [0, 0.05) is 13.2 Å². The molecule has 3 aromatic rings. The van der Waals surface area contributed by atoms with Crippen LogP contribution < -0.4 is 0 Å². The molecule has 0 N–H and O–H groups in total. The minimum absolute atomic E-state index is 0.0583. The first-order valence-electron chi connectivity index (χ1n) is 10.4. The van der Waals surface area contributed by atoms with Crippen molar-refractivity contribution in [2.45, 2.75) is 51.9 Å². The fourth-order valence-electron chi connectivity index (χ4n) is 4.10. The zero-order chi connectivity index (χ0) is 20.1. The van der Waals surface area contributed by atoms with Gasteiger partial charge < -0.3 is 9.15 Å². The molecule has 7 nitrogen and oxygen atoms in total. The Hall–Kier alpha value is -2.51. The van der Waals surface area contributed by atoms with Crippen LogP contribution in [0.2, 0.25) is 0 Å². The van der Waals surface area contributed by atoms with Gasteiger partial charge in [0.25, 0.3) is 0 Å². The maximum atomic E-state index is 5.95. The monoisotopic (exact) mass is 395 g/mol. The van der Waals surface area contributed by atoms with E-state index in [9.17, 15) is 0 Å². The molecular weight excluding hydrogens is 366 g/mol. The summed E-state index contributed by atoms with van der Waals surface area (Å²) in [7, 11) is 0. The lowest BCUT2D eigenvalue weighted by Crippen LogP contribution is -2.38. The van der Waals surface area contributed by atoms with E-state index in [-0.39, 0.29) is 12.1 Å². The molecule has 1 aliphatic rings. The van der Waals surface area contributed by atoms with Crippen LogP contribution in [0.15, 0.2) is 53.1 Å². The Morgan fingerprint density at radius 3 is 2.72 bits per heavy atom. The zero-order valence-corrected chi connectivity index (χ0v) is 17.1. The van der Waals surface area contributed by atoms with E-state index < -0.39 is 0 Å². The maximum Gasteiger partial charge on any atom is 0.169 e. The highest BCUT2D eigenvalue weighted by molar-refractivity contribution is 5.15. The van der Waals surface area contributed by atoms with E-state index in [0.717, 1.165) is 37.6 Å². The van der Waals surface area contributed by atoms with Gasteiger partial charge in [-0.25, -0.2) is 4.68 Å². The first kappa shape index (κ1) is 19.8. The van der Waals surface area contributed by atoms with Crippen LogP contribution in [0, 0.1) is 5.92 Å². The van der Waals surface area contributed by atoms with Crippen molar-refractivity contribution in [3.05, 3.63) is 65.9 Å². The van der Waals surface area contributed by atoms with E-state index in [0.29, 0.717) is 19.0 Å². The summed E-state index contributed by atoms with van der Waals surface area (Å²) in [4.78, 5) is 2.41. The molecule has 1 fully saturated rings. The summed E-state index contributed by atoms with van der Waals surface area (Å²) in [5, 5.41) is 12.8. The fraction of sp³-hybridized carbons (Fsp3) is 0.500. The van der Waals surface area contributed by atoms with Crippen molar-refractivity contribution in [2.75, 3.05) is 13.2 Å². The van der Waals surface area contributed by atoms with E-state index in [1.165, 1.54) is 5.56 Å². The number of ether oxygens (including phenoxy) is 1. The molecule has 1 saturated heterocycles. The fourth-order valence-corrected chi connectivity index (χ4v) is 4.10. The topological polar surface area (TPSA) is 69.2 Å². The molecule has 0 unspecified atom stereocenters. The second-order valence-electron chi connectivity index (χ2n) is 8.01. The van der Waals surface area contributed by atoms with Gasteiger partial charge in [-0.2, -0.15) is 0 Å². The number of tetrazole rings is 1. The van der Waals surface area contributed by atoms with Crippen molar-refractivity contribution in [1.29, 1.82) is 0 Å². The molecular formula is C22H29N5O2. The summed E-state index contributed by atoms with van der Waals surface area (Å²) < 4.78 is 13.5. The van der Waals surface area contributed by atoms with Gasteiger partial charge >= 0.3 is 0 Å². The first-order chi connectivity index (χ1) is 14.2. The van der Waals surface area contributed by atoms with Gasteiger partial charge in [-0.05, 0) is 46.9 Å². The molecule has 0 aliphatic carbocycles. The zero-order valence-electron chi connectivity index (χ0n) is 17.1. The Labute approximate surface area is 171 Å².